The highest BCUT2D eigenvalue weighted by atomic mass is 19.1. The summed E-state index contributed by atoms with van der Waals surface area (Å²) in [6.45, 7) is 10.2. The minimum atomic E-state index is -0.996. The Morgan fingerprint density at radius 2 is 1.98 bits per heavy atom. The fourth-order valence-electron chi connectivity index (χ4n) is 7.51. The van der Waals surface area contributed by atoms with Crippen molar-refractivity contribution in [2.24, 2.45) is 0 Å². The minimum absolute atomic E-state index is 0.108. The predicted molar refractivity (Wildman–Crippen MR) is 164 cm³/mol. The van der Waals surface area contributed by atoms with E-state index in [1.54, 1.807) is 0 Å². The van der Waals surface area contributed by atoms with E-state index >= 15 is 0 Å². The second-order valence-corrected chi connectivity index (χ2v) is 12.2. The maximum atomic E-state index is 13.8. The van der Waals surface area contributed by atoms with Crippen LogP contribution in [0.5, 0.6) is 6.01 Å². The molecular weight excluding hydrogens is 545 g/mol. The van der Waals surface area contributed by atoms with Crippen LogP contribution in [0.4, 0.5) is 15.9 Å². The number of carbonyl (C=O) groups excluding carboxylic acids is 1. The average molecular weight is 588 g/mol. The van der Waals surface area contributed by atoms with E-state index in [1.807, 2.05) is 0 Å². The highest BCUT2D eigenvalue weighted by molar-refractivity contribution is 5.91. The number of anilines is 2. The molecule has 2 aromatic rings. The average Bonchev–Trinajstić information content (AvgIpc) is 3.50. The number of likely N-dealkylation sites (N-methyl/N-ethyl adjacent to an activating group) is 1. The zero-order valence-electron chi connectivity index (χ0n) is 25.2. The van der Waals surface area contributed by atoms with Crippen molar-refractivity contribution >= 4 is 17.4 Å². The number of aromatic nitrogens is 2. The maximum Gasteiger partial charge on any atom is 0.318 e. The number of fused-ring (bicyclic) bond motifs is 2. The molecule has 10 heteroatoms. The molecule has 0 saturated carbocycles. The van der Waals surface area contributed by atoms with E-state index in [4.69, 9.17) is 14.7 Å². The van der Waals surface area contributed by atoms with Gasteiger partial charge in [0, 0.05) is 55.9 Å². The van der Waals surface area contributed by atoms with Crippen LogP contribution in [0.1, 0.15) is 55.8 Å². The highest BCUT2D eigenvalue weighted by Gasteiger charge is 2.36. The van der Waals surface area contributed by atoms with Gasteiger partial charge in [-0.15, -0.1) is 0 Å². The molecule has 2 fully saturated rings. The third kappa shape index (κ3) is 6.05. The first-order valence-corrected chi connectivity index (χ1v) is 15.8. The van der Waals surface area contributed by atoms with Gasteiger partial charge >= 0.3 is 6.01 Å². The lowest BCUT2D eigenvalue weighted by atomic mass is 9.88. The summed E-state index contributed by atoms with van der Waals surface area (Å²) in [6.07, 6.45) is 7.29. The van der Waals surface area contributed by atoms with Crippen LogP contribution in [-0.2, 0) is 24.1 Å². The SMILES string of the molecule is C=C(F)C(=O)N1CCN(c2nc(OC[C@@H]3CCCN3CC)nc3c2CC[C@@H](N2CCCc4ccccc42)C3)C[C@@H]1CC#N. The van der Waals surface area contributed by atoms with Crippen LogP contribution >= 0.6 is 0 Å². The zero-order chi connectivity index (χ0) is 29.9. The third-order valence-electron chi connectivity index (χ3n) is 9.71. The first-order valence-electron chi connectivity index (χ1n) is 15.8. The summed E-state index contributed by atoms with van der Waals surface area (Å²) in [7, 11) is 0. The van der Waals surface area contributed by atoms with Gasteiger partial charge in [-0.2, -0.15) is 15.2 Å². The normalized spacial score (nSPS) is 23.8. The number of piperazine rings is 1. The first kappa shape index (κ1) is 29.4. The highest BCUT2D eigenvalue weighted by Crippen LogP contribution is 2.37. The van der Waals surface area contributed by atoms with Crippen LogP contribution in [0.15, 0.2) is 36.7 Å². The molecule has 0 radical (unpaired) electrons. The van der Waals surface area contributed by atoms with Crippen LogP contribution < -0.4 is 14.5 Å². The van der Waals surface area contributed by atoms with Crippen molar-refractivity contribution in [3.8, 4) is 12.1 Å². The van der Waals surface area contributed by atoms with Crippen molar-refractivity contribution in [2.45, 2.75) is 76.4 Å². The van der Waals surface area contributed by atoms with E-state index in [0.717, 1.165) is 75.2 Å². The molecule has 1 amide bonds. The molecule has 43 heavy (non-hydrogen) atoms. The van der Waals surface area contributed by atoms with Gasteiger partial charge in [-0.3, -0.25) is 9.69 Å². The van der Waals surface area contributed by atoms with Gasteiger partial charge in [-0.25, -0.2) is 4.39 Å². The number of nitriles is 1. The largest absolute Gasteiger partial charge is 0.462 e. The smallest absolute Gasteiger partial charge is 0.318 e. The molecule has 3 atom stereocenters. The number of aryl methyl sites for hydroxylation is 1. The van der Waals surface area contributed by atoms with E-state index in [0.29, 0.717) is 44.3 Å². The molecule has 4 heterocycles. The zero-order valence-corrected chi connectivity index (χ0v) is 25.2. The van der Waals surface area contributed by atoms with Gasteiger partial charge in [0.15, 0.2) is 5.83 Å². The van der Waals surface area contributed by atoms with Crippen LogP contribution in [0.25, 0.3) is 0 Å². The number of carbonyl (C=O) groups is 1. The second-order valence-electron chi connectivity index (χ2n) is 12.2. The molecule has 2 saturated heterocycles. The van der Waals surface area contributed by atoms with Gasteiger partial charge in [-0.05, 0) is 63.2 Å². The number of nitrogens with zero attached hydrogens (tertiary/aromatic N) is 7. The van der Waals surface area contributed by atoms with Crippen molar-refractivity contribution in [1.29, 1.82) is 5.26 Å². The molecule has 4 aliphatic rings. The molecule has 1 aliphatic carbocycles. The Bertz CT molecular complexity index is 1390. The van der Waals surface area contributed by atoms with Crippen LogP contribution in [0.2, 0.25) is 0 Å². The van der Waals surface area contributed by atoms with Crippen LogP contribution in [0.3, 0.4) is 0 Å². The predicted octanol–water partition coefficient (Wildman–Crippen LogP) is 4.06. The molecule has 1 aromatic carbocycles. The van der Waals surface area contributed by atoms with E-state index in [2.05, 4.69) is 58.5 Å². The van der Waals surface area contributed by atoms with E-state index in [-0.39, 0.29) is 6.42 Å². The molecule has 1 aromatic heterocycles. The molecule has 6 rings (SSSR count). The first-order chi connectivity index (χ1) is 21.0. The van der Waals surface area contributed by atoms with Crippen LogP contribution in [-0.4, -0.2) is 89.7 Å². The lowest BCUT2D eigenvalue weighted by molar-refractivity contribution is -0.131. The van der Waals surface area contributed by atoms with E-state index < -0.39 is 17.8 Å². The van der Waals surface area contributed by atoms with Gasteiger partial charge in [0.2, 0.25) is 0 Å². The summed E-state index contributed by atoms with van der Waals surface area (Å²) in [4.78, 5) is 31.1. The topological polar surface area (TPSA) is 88.8 Å². The lowest BCUT2D eigenvalue weighted by Crippen LogP contribution is -2.55. The van der Waals surface area contributed by atoms with Crippen molar-refractivity contribution < 1.29 is 13.9 Å². The number of ether oxygens (including phenoxy) is 1. The van der Waals surface area contributed by atoms with E-state index in [1.165, 1.54) is 22.6 Å². The summed E-state index contributed by atoms with van der Waals surface area (Å²) >= 11 is 0. The molecule has 0 bridgehead atoms. The molecule has 3 aliphatic heterocycles. The van der Waals surface area contributed by atoms with Crippen LogP contribution in [0, 0.1) is 11.3 Å². The fourth-order valence-corrected chi connectivity index (χ4v) is 7.51. The van der Waals surface area contributed by atoms with Gasteiger partial charge in [-0.1, -0.05) is 31.7 Å². The Labute approximate surface area is 253 Å². The Morgan fingerprint density at radius 1 is 1.12 bits per heavy atom. The maximum absolute atomic E-state index is 13.8. The number of para-hydroxylation sites is 1. The summed E-state index contributed by atoms with van der Waals surface area (Å²) < 4.78 is 20.2. The van der Waals surface area contributed by atoms with Gasteiger partial charge in [0.05, 0.1) is 24.2 Å². The number of amides is 1. The van der Waals surface area contributed by atoms with Crippen molar-refractivity contribution in [1.82, 2.24) is 19.8 Å². The Morgan fingerprint density at radius 3 is 2.79 bits per heavy atom. The lowest BCUT2D eigenvalue weighted by Gasteiger charge is -2.43. The summed E-state index contributed by atoms with van der Waals surface area (Å²) in [5, 5.41) is 9.51. The Hall–Kier alpha value is -3.71. The monoisotopic (exact) mass is 587 g/mol. The second kappa shape index (κ2) is 12.9. The molecule has 0 N–H and O–H groups in total. The summed E-state index contributed by atoms with van der Waals surface area (Å²) in [5.74, 6) is -0.912. The van der Waals surface area contributed by atoms with Crippen molar-refractivity contribution in [3.63, 3.8) is 0 Å². The van der Waals surface area contributed by atoms with Gasteiger partial charge in [0.1, 0.15) is 12.4 Å². The quantitative estimate of drug-likeness (QED) is 0.428. The van der Waals surface area contributed by atoms with Crippen molar-refractivity contribution in [2.75, 3.05) is 55.7 Å². The van der Waals surface area contributed by atoms with Gasteiger partial charge < -0.3 is 19.4 Å². The minimum Gasteiger partial charge on any atom is -0.462 e. The molecule has 9 nitrogen and oxygen atoms in total. The fraction of sp³-hybridized carbons (Fsp3) is 0.576. The molecule has 228 valence electrons. The third-order valence-corrected chi connectivity index (χ3v) is 9.71. The number of hydrogen-bond donors (Lipinski definition) is 0. The summed E-state index contributed by atoms with van der Waals surface area (Å²) in [6, 6.07) is 11.6. The summed E-state index contributed by atoms with van der Waals surface area (Å²) in [5.41, 5.74) is 4.89. The van der Waals surface area contributed by atoms with Gasteiger partial charge in [0.25, 0.3) is 5.91 Å². The van der Waals surface area contributed by atoms with Crippen molar-refractivity contribution in [3.05, 3.63) is 53.5 Å². The number of likely N-dealkylation sites (tertiary alicyclic amines) is 1. The molecule has 0 unspecified atom stereocenters. The number of hydrogen-bond acceptors (Lipinski definition) is 8. The molecule has 0 spiro atoms. The number of benzene rings is 1. The number of halogens is 1. The van der Waals surface area contributed by atoms with E-state index in [9.17, 15) is 14.4 Å². The standard InChI is InChI=1S/C33H42FN7O2/c1-3-38-16-7-10-27(38)22-43-33-36-29-20-25(40-17-6-9-24-8-4-5-11-30(24)40)12-13-28(29)31(37-33)39-18-19-41(32(42)23(2)34)26(21-39)14-15-35/h4-5,8,11,25-27H,2-3,6-7,9-10,12-14,16-22H2,1H3/t25-,26+,27+/m1/s1. The Kier molecular flexibility index (Phi) is 8.80. The number of rotatable bonds is 8. The Balaban J connectivity index is 1.29. The molecular formula is C33H42FN7O2.